The van der Waals surface area contributed by atoms with Gasteiger partial charge in [-0.3, -0.25) is 11.3 Å². The largest absolute Gasteiger partial charge is 0.271 e. The molecule has 0 fully saturated rings. The van der Waals surface area contributed by atoms with Crippen LogP contribution in [0.3, 0.4) is 0 Å². The molecule has 3 N–H and O–H groups in total. The van der Waals surface area contributed by atoms with Crippen LogP contribution in [0.5, 0.6) is 0 Å². The molecular formula is C12H14BrClN2. The quantitative estimate of drug-likeness (QED) is 0.508. The molecule has 0 bridgehead atoms. The molecule has 2 nitrogen and oxygen atoms in total. The standard InChI is InChI=1S/C12H14BrClN2/c1-2-3-4-5-12(16-15)9-6-7-10(13)11(14)8-9/h6-8,12,16H,4-5,15H2,1H3. The Morgan fingerprint density at radius 3 is 2.88 bits per heavy atom. The number of hydrazine groups is 1. The van der Waals surface area contributed by atoms with Crippen LogP contribution in [0.15, 0.2) is 22.7 Å². The molecule has 0 radical (unpaired) electrons. The van der Waals surface area contributed by atoms with Crippen molar-refractivity contribution in [1.29, 1.82) is 0 Å². The van der Waals surface area contributed by atoms with Crippen molar-refractivity contribution < 1.29 is 0 Å². The van der Waals surface area contributed by atoms with Crippen molar-refractivity contribution in [2.75, 3.05) is 0 Å². The summed E-state index contributed by atoms with van der Waals surface area (Å²) in [4.78, 5) is 0. The second-order valence-electron chi connectivity index (χ2n) is 3.36. The Bertz CT molecular complexity index is 409. The lowest BCUT2D eigenvalue weighted by Gasteiger charge is -2.15. The van der Waals surface area contributed by atoms with E-state index in [0.717, 1.165) is 22.9 Å². The van der Waals surface area contributed by atoms with Crippen LogP contribution >= 0.6 is 27.5 Å². The Kier molecular flexibility index (Phi) is 5.86. The van der Waals surface area contributed by atoms with E-state index in [-0.39, 0.29) is 6.04 Å². The first-order chi connectivity index (χ1) is 7.69. The first-order valence-electron chi connectivity index (χ1n) is 4.99. The highest BCUT2D eigenvalue weighted by molar-refractivity contribution is 9.10. The summed E-state index contributed by atoms with van der Waals surface area (Å²) < 4.78 is 0.891. The molecule has 1 aromatic carbocycles. The predicted octanol–water partition coefficient (Wildman–Crippen LogP) is 3.41. The molecule has 0 spiro atoms. The van der Waals surface area contributed by atoms with Gasteiger partial charge in [0.2, 0.25) is 0 Å². The van der Waals surface area contributed by atoms with Crippen LogP contribution in [0.1, 0.15) is 31.4 Å². The fraction of sp³-hybridized carbons (Fsp3) is 0.333. The predicted molar refractivity (Wildman–Crippen MR) is 71.9 cm³/mol. The Balaban J connectivity index is 2.77. The maximum absolute atomic E-state index is 6.03. The van der Waals surface area contributed by atoms with E-state index in [1.165, 1.54) is 0 Å². The SMILES string of the molecule is CC#CCCC(NN)c1ccc(Br)c(Cl)c1. The molecule has 1 aromatic rings. The summed E-state index contributed by atoms with van der Waals surface area (Å²) in [5.74, 6) is 11.4. The average molecular weight is 302 g/mol. The molecule has 0 heterocycles. The molecule has 0 aliphatic carbocycles. The Hall–Kier alpha value is -0.530. The fourth-order valence-electron chi connectivity index (χ4n) is 1.42. The van der Waals surface area contributed by atoms with Crippen molar-refractivity contribution in [3.63, 3.8) is 0 Å². The van der Waals surface area contributed by atoms with Crippen LogP contribution < -0.4 is 11.3 Å². The highest BCUT2D eigenvalue weighted by Gasteiger charge is 2.10. The number of halogens is 2. The minimum atomic E-state index is 0.0893. The third kappa shape index (κ3) is 3.80. The lowest BCUT2D eigenvalue weighted by molar-refractivity contribution is 0.524. The van der Waals surface area contributed by atoms with Crippen molar-refractivity contribution in [3.8, 4) is 11.8 Å². The van der Waals surface area contributed by atoms with Gasteiger partial charge < -0.3 is 0 Å². The zero-order valence-electron chi connectivity index (χ0n) is 9.06. The second kappa shape index (κ2) is 6.93. The number of nitrogens with two attached hydrogens (primary N) is 1. The number of nitrogens with one attached hydrogen (secondary N) is 1. The van der Waals surface area contributed by atoms with E-state index >= 15 is 0 Å². The summed E-state index contributed by atoms with van der Waals surface area (Å²) in [5.41, 5.74) is 3.86. The highest BCUT2D eigenvalue weighted by atomic mass is 79.9. The minimum absolute atomic E-state index is 0.0893. The lowest BCUT2D eigenvalue weighted by atomic mass is 10.0. The molecule has 1 atom stereocenters. The fourth-order valence-corrected chi connectivity index (χ4v) is 1.85. The van der Waals surface area contributed by atoms with Crippen molar-refractivity contribution in [2.24, 2.45) is 5.84 Å². The van der Waals surface area contributed by atoms with Crippen molar-refractivity contribution in [3.05, 3.63) is 33.3 Å². The molecule has 0 saturated carbocycles. The molecule has 0 saturated heterocycles. The van der Waals surface area contributed by atoms with Crippen LogP contribution in [-0.4, -0.2) is 0 Å². The Morgan fingerprint density at radius 2 is 2.31 bits per heavy atom. The monoisotopic (exact) mass is 300 g/mol. The molecule has 0 aromatic heterocycles. The molecule has 86 valence electrons. The first-order valence-corrected chi connectivity index (χ1v) is 6.16. The van der Waals surface area contributed by atoms with E-state index < -0.39 is 0 Å². The van der Waals surface area contributed by atoms with Crippen molar-refractivity contribution in [2.45, 2.75) is 25.8 Å². The summed E-state index contributed by atoms with van der Waals surface area (Å²) in [6, 6.07) is 5.93. The molecule has 1 unspecified atom stereocenters. The first kappa shape index (κ1) is 13.5. The number of hydrogen-bond donors (Lipinski definition) is 2. The molecule has 4 heteroatoms. The number of benzene rings is 1. The minimum Gasteiger partial charge on any atom is -0.271 e. The van der Waals surface area contributed by atoms with E-state index in [4.69, 9.17) is 17.4 Å². The molecule has 0 amide bonds. The summed E-state index contributed by atoms with van der Waals surface area (Å²) in [7, 11) is 0. The van der Waals surface area contributed by atoms with Gasteiger partial charge in [0.15, 0.2) is 0 Å². The zero-order valence-corrected chi connectivity index (χ0v) is 11.4. The van der Waals surface area contributed by atoms with Gasteiger partial charge in [-0.05, 0) is 47.0 Å². The number of hydrogen-bond acceptors (Lipinski definition) is 2. The summed E-state index contributed by atoms with van der Waals surface area (Å²) in [6.07, 6.45) is 1.69. The second-order valence-corrected chi connectivity index (χ2v) is 4.62. The average Bonchev–Trinajstić information content (AvgIpc) is 2.29. The van der Waals surface area contributed by atoms with E-state index in [0.29, 0.717) is 5.02 Å². The van der Waals surface area contributed by atoms with E-state index in [1.54, 1.807) is 0 Å². The zero-order chi connectivity index (χ0) is 12.0. The third-order valence-corrected chi connectivity index (χ3v) is 3.51. The molecule has 0 aliphatic rings. The topological polar surface area (TPSA) is 38.0 Å². The van der Waals surface area contributed by atoms with Crippen LogP contribution in [-0.2, 0) is 0 Å². The molecular weight excluding hydrogens is 288 g/mol. The van der Waals surface area contributed by atoms with Crippen molar-refractivity contribution in [1.82, 2.24) is 5.43 Å². The maximum Gasteiger partial charge on any atom is 0.0551 e. The van der Waals surface area contributed by atoms with E-state index in [2.05, 4.69) is 33.2 Å². The normalized spacial score (nSPS) is 11.8. The molecule has 1 rings (SSSR count). The van der Waals surface area contributed by atoms with Crippen LogP contribution in [0.2, 0.25) is 5.02 Å². The van der Waals surface area contributed by atoms with Crippen LogP contribution in [0.4, 0.5) is 0 Å². The Morgan fingerprint density at radius 1 is 1.56 bits per heavy atom. The van der Waals surface area contributed by atoms with Gasteiger partial charge in [0.1, 0.15) is 0 Å². The Labute approximate surface area is 110 Å². The van der Waals surface area contributed by atoms with Crippen LogP contribution in [0, 0.1) is 11.8 Å². The van der Waals surface area contributed by atoms with E-state index in [1.807, 2.05) is 25.1 Å². The van der Waals surface area contributed by atoms with Gasteiger partial charge in [0.25, 0.3) is 0 Å². The van der Waals surface area contributed by atoms with Gasteiger partial charge in [0, 0.05) is 16.9 Å². The van der Waals surface area contributed by atoms with Gasteiger partial charge in [-0.25, -0.2) is 0 Å². The smallest absolute Gasteiger partial charge is 0.0551 e. The van der Waals surface area contributed by atoms with Gasteiger partial charge in [-0.15, -0.1) is 11.8 Å². The third-order valence-electron chi connectivity index (χ3n) is 2.28. The summed E-state index contributed by atoms with van der Waals surface area (Å²) >= 11 is 9.39. The van der Waals surface area contributed by atoms with Gasteiger partial charge in [0.05, 0.1) is 5.02 Å². The summed E-state index contributed by atoms with van der Waals surface area (Å²) in [6.45, 7) is 1.83. The van der Waals surface area contributed by atoms with E-state index in [9.17, 15) is 0 Å². The summed E-state index contributed by atoms with van der Waals surface area (Å²) in [5, 5.41) is 0.694. The van der Waals surface area contributed by atoms with Gasteiger partial charge >= 0.3 is 0 Å². The maximum atomic E-state index is 6.03. The van der Waals surface area contributed by atoms with Gasteiger partial charge in [-0.2, -0.15) is 0 Å². The molecule has 0 aliphatic heterocycles. The lowest BCUT2D eigenvalue weighted by Crippen LogP contribution is -2.27. The van der Waals surface area contributed by atoms with Crippen molar-refractivity contribution >= 4 is 27.5 Å². The van der Waals surface area contributed by atoms with Gasteiger partial charge in [-0.1, -0.05) is 17.7 Å². The number of rotatable bonds is 4. The molecule has 16 heavy (non-hydrogen) atoms. The highest BCUT2D eigenvalue weighted by Crippen LogP contribution is 2.27. The van der Waals surface area contributed by atoms with Crippen LogP contribution in [0.25, 0.3) is 0 Å².